The second-order valence-corrected chi connectivity index (χ2v) is 9.28. The molecule has 2 heterocycles. The summed E-state index contributed by atoms with van der Waals surface area (Å²) >= 11 is 3.07. The number of carbonyl (C=O) groups is 1. The van der Waals surface area contributed by atoms with E-state index < -0.39 is 0 Å². The number of thiophene rings is 1. The highest BCUT2D eigenvalue weighted by atomic mass is 32.1. The molecule has 29 heavy (non-hydrogen) atoms. The zero-order valence-corrected chi connectivity index (χ0v) is 19.3. The van der Waals surface area contributed by atoms with Crippen LogP contribution >= 0.6 is 22.7 Å². The maximum atomic E-state index is 12.9. The van der Waals surface area contributed by atoms with Gasteiger partial charge in [-0.1, -0.05) is 19.1 Å². The van der Waals surface area contributed by atoms with Crippen molar-refractivity contribution in [2.24, 2.45) is 0 Å². The van der Waals surface area contributed by atoms with Crippen molar-refractivity contribution >= 4 is 28.6 Å². The van der Waals surface area contributed by atoms with Crippen molar-refractivity contribution in [2.75, 3.05) is 0 Å². The van der Waals surface area contributed by atoms with Gasteiger partial charge in [-0.25, -0.2) is 4.98 Å². The van der Waals surface area contributed by atoms with Gasteiger partial charge in [-0.2, -0.15) is 0 Å². The SMILES string of the molecule is CC[C@@H](C)N(Cc1csc(COc2cc(C)cc(C)c2C)n1)C(=O)c1cccs1. The highest BCUT2D eigenvalue weighted by molar-refractivity contribution is 7.12. The van der Waals surface area contributed by atoms with Gasteiger partial charge in [0.2, 0.25) is 0 Å². The van der Waals surface area contributed by atoms with Crippen LogP contribution in [0.3, 0.4) is 0 Å². The second kappa shape index (κ2) is 9.55. The van der Waals surface area contributed by atoms with Crippen molar-refractivity contribution in [3.05, 3.63) is 67.3 Å². The molecule has 0 fully saturated rings. The number of nitrogens with zero attached hydrogens (tertiary/aromatic N) is 2. The highest BCUT2D eigenvalue weighted by Crippen LogP contribution is 2.25. The first-order valence-electron chi connectivity index (χ1n) is 9.87. The molecule has 3 aromatic rings. The number of amides is 1. The second-order valence-electron chi connectivity index (χ2n) is 7.39. The minimum absolute atomic E-state index is 0.0750. The first-order valence-corrected chi connectivity index (χ1v) is 11.6. The molecule has 0 aliphatic rings. The number of ether oxygens (including phenoxy) is 1. The fourth-order valence-electron chi connectivity index (χ4n) is 3.14. The lowest BCUT2D eigenvalue weighted by molar-refractivity contribution is 0.0674. The van der Waals surface area contributed by atoms with Gasteiger partial charge in [0.05, 0.1) is 17.1 Å². The molecule has 0 N–H and O–H groups in total. The minimum Gasteiger partial charge on any atom is -0.486 e. The van der Waals surface area contributed by atoms with Crippen LogP contribution < -0.4 is 4.74 Å². The molecule has 1 aromatic carbocycles. The Morgan fingerprint density at radius 2 is 2.03 bits per heavy atom. The van der Waals surface area contributed by atoms with Crippen LogP contribution in [0, 0.1) is 20.8 Å². The highest BCUT2D eigenvalue weighted by Gasteiger charge is 2.22. The molecule has 1 amide bonds. The van der Waals surface area contributed by atoms with Crippen LogP contribution in [0.25, 0.3) is 0 Å². The fourth-order valence-corrected chi connectivity index (χ4v) is 4.52. The molecule has 0 radical (unpaired) electrons. The van der Waals surface area contributed by atoms with E-state index in [-0.39, 0.29) is 11.9 Å². The quantitative estimate of drug-likeness (QED) is 0.432. The van der Waals surface area contributed by atoms with Gasteiger partial charge in [0.25, 0.3) is 5.91 Å². The molecular formula is C23H28N2O2S2. The largest absolute Gasteiger partial charge is 0.486 e. The maximum absolute atomic E-state index is 12.9. The van der Waals surface area contributed by atoms with Gasteiger partial charge >= 0.3 is 0 Å². The molecule has 6 heteroatoms. The molecule has 0 saturated carbocycles. The molecule has 1 atom stereocenters. The molecular weight excluding hydrogens is 400 g/mol. The number of carbonyl (C=O) groups excluding carboxylic acids is 1. The van der Waals surface area contributed by atoms with Gasteiger partial charge in [-0.05, 0) is 68.3 Å². The third kappa shape index (κ3) is 5.25. The number of hydrogen-bond acceptors (Lipinski definition) is 5. The number of hydrogen-bond donors (Lipinski definition) is 0. The molecule has 0 saturated heterocycles. The lowest BCUT2D eigenvalue weighted by Gasteiger charge is -2.27. The van der Waals surface area contributed by atoms with Crippen molar-refractivity contribution in [2.45, 2.75) is 60.2 Å². The number of thiazole rings is 1. The van der Waals surface area contributed by atoms with Gasteiger partial charge < -0.3 is 9.64 Å². The predicted octanol–water partition coefficient (Wildman–Crippen LogP) is 6.15. The summed E-state index contributed by atoms with van der Waals surface area (Å²) in [4.78, 5) is 20.3. The third-order valence-corrected chi connectivity index (χ3v) is 6.89. The Morgan fingerprint density at radius 1 is 1.24 bits per heavy atom. The molecule has 0 aliphatic heterocycles. The van der Waals surface area contributed by atoms with Crippen LogP contribution in [0.4, 0.5) is 0 Å². The first-order chi connectivity index (χ1) is 13.9. The van der Waals surface area contributed by atoms with Crippen LogP contribution in [0.5, 0.6) is 5.75 Å². The summed E-state index contributed by atoms with van der Waals surface area (Å²) in [5, 5.41) is 4.89. The van der Waals surface area contributed by atoms with Crippen molar-refractivity contribution in [3.8, 4) is 5.75 Å². The molecule has 0 unspecified atom stereocenters. The lowest BCUT2D eigenvalue weighted by Crippen LogP contribution is -2.37. The van der Waals surface area contributed by atoms with Crippen LogP contribution in [0.15, 0.2) is 35.0 Å². The van der Waals surface area contributed by atoms with E-state index in [2.05, 4.69) is 46.8 Å². The Bertz CT molecular complexity index is 963. The van der Waals surface area contributed by atoms with Crippen molar-refractivity contribution in [1.29, 1.82) is 0 Å². The summed E-state index contributed by atoms with van der Waals surface area (Å²) in [5.41, 5.74) is 4.50. The molecule has 3 rings (SSSR count). The van der Waals surface area contributed by atoms with Gasteiger partial charge in [0.15, 0.2) is 0 Å². The molecule has 4 nitrogen and oxygen atoms in total. The Labute approximate surface area is 181 Å². The Morgan fingerprint density at radius 3 is 2.72 bits per heavy atom. The van der Waals surface area contributed by atoms with Crippen molar-refractivity contribution < 1.29 is 9.53 Å². The Balaban J connectivity index is 1.69. The van der Waals surface area contributed by atoms with E-state index in [0.717, 1.165) is 33.3 Å². The maximum Gasteiger partial charge on any atom is 0.264 e. The number of aryl methyl sites for hydroxylation is 2. The predicted molar refractivity (Wildman–Crippen MR) is 121 cm³/mol. The van der Waals surface area contributed by atoms with Crippen LogP contribution in [-0.2, 0) is 13.2 Å². The summed E-state index contributed by atoms with van der Waals surface area (Å²) in [6, 6.07) is 8.19. The minimum atomic E-state index is 0.0750. The number of benzene rings is 1. The van der Waals surface area contributed by atoms with E-state index in [4.69, 9.17) is 9.72 Å². The van der Waals surface area contributed by atoms with Crippen molar-refractivity contribution in [1.82, 2.24) is 9.88 Å². The van der Waals surface area contributed by atoms with Crippen LogP contribution in [-0.4, -0.2) is 21.8 Å². The first kappa shape index (κ1) is 21.5. The summed E-state index contributed by atoms with van der Waals surface area (Å²) < 4.78 is 6.05. The monoisotopic (exact) mass is 428 g/mol. The summed E-state index contributed by atoms with van der Waals surface area (Å²) in [7, 11) is 0. The molecule has 0 aliphatic carbocycles. The van der Waals surface area contributed by atoms with E-state index in [1.54, 1.807) is 11.3 Å². The summed E-state index contributed by atoms with van der Waals surface area (Å²) in [6.07, 6.45) is 0.906. The van der Waals surface area contributed by atoms with Gasteiger partial charge in [-0.3, -0.25) is 4.79 Å². The zero-order valence-electron chi connectivity index (χ0n) is 17.7. The summed E-state index contributed by atoms with van der Waals surface area (Å²) in [6.45, 7) is 11.4. The topological polar surface area (TPSA) is 42.4 Å². The molecule has 154 valence electrons. The fraction of sp³-hybridized carbons (Fsp3) is 0.391. The Kier molecular flexibility index (Phi) is 7.09. The van der Waals surface area contributed by atoms with Gasteiger partial charge in [0.1, 0.15) is 17.4 Å². The number of aromatic nitrogens is 1. The van der Waals surface area contributed by atoms with Gasteiger partial charge in [-0.15, -0.1) is 22.7 Å². The normalized spacial score (nSPS) is 12.0. The zero-order chi connectivity index (χ0) is 21.0. The van der Waals surface area contributed by atoms with Crippen LogP contribution in [0.2, 0.25) is 0 Å². The molecule has 0 bridgehead atoms. The van der Waals surface area contributed by atoms with E-state index in [1.807, 2.05) is 27.8 Å². The number of rotatable bonds is 8. The molecule has 2 aromatic heterocycles. The summed E-state index contributed by atoms with van der Waals surface area (Å²) in [5.74, 6) is 0.986. The smallest absolute Gasteiger partial charge is 0.264 e. The van der Waals surface area contributed by atoms with Crippen molar-refractivity contribution in [3.63, 3.8) is 0 Å². The lowest BCUT2D eigenvalue weighted by atomic mass is 10.1. The Hall–Kier alpha value is -2.18. The molecule has 0 spiro atoms. The van der Waals surface area contributed by atoms with E-state index in [9.17, 15) is 4.79 Å². The third-order valence-electron chi connectivity index (χ3n) is 5.16. The average Bonchev–Trinajstić information content (AvgIpc) is 3.38. The standard InChI is InChI=1S/C23H28N2O2S2/c1-6-17(4)25(23(26)21-8-7-9-28-21)12-19-14-29-22(24-19)13-27-20-11-15(2)10-16(3)18(20)5/h7-11,14,17H,6,12-13H2,1-5H3/t17-/m1/s1. The van der Waals surface area contributed by atoms with Gasteiger partial charge in [0, 0.05) is 11.4 Å². The van der Waals surface area contributed by atoms with E-state index in [1.165, 1.54) is 22.5 Å². The average molecular weight is 429 g/mol. The van der Waals surface area contributed by atoms with E-state index in [0.29, 0.717) is 13.2 Å². The van der Waals surface area contributed by atoms with Crippen LogP contribution in [0.1, 0.15) is 57.3 Å². The van der Waals surface area contributed by atoms with E-state index >= 15 is 0 Å².